The molecule has 0 radical (unpaired) electrons. The number of hydrogen-bond acceptors (Lipinski definition) is 2. The molecule has 0 fully saturated rings. The summed E-state index contributed by atoms with van der Waals surface area (Å²) in [6.07, 6.45) is 6.10. The summed E-state index contributed by atoms with van der Waals surface area (Å²) in [6.45, 7) is 3.56. The second kappa shape index (κ2) is 11.0. The van der Waals surface area contributed by atoms with Crippen molar-refractivity contribution >= 4 is 0 Å². The highest BCUT2D eigenvalue weighted by Gasteiger charge is 2.19. The Morgan fingerprint density at radius 2 is 1.54 bits per heavy atom. The molecule has 2 nitrogen and oxygen atoms in total. The summed E-state index contributed by atoms with van der Waals surface area (Å²) in [6, 6.07) is 21.0. The molecule has 2 rings (SSSR count). The monoisotopic (exact) mass is 325 g/mol. The Morgan fingerprint density at radius 1 is 0.875 bits per heavy atom. The van der Waals surface area contributed by atoms with Crippen LogP contribution in [0.4, 0.5) is 0 Å². The Balaban J connectivity index is 1.90. The molecule has 0 saturated carbocycles. The predicted molar refractivity (Wildman–Crippen MR) is 102 cm³/mol. The van der Waals surface area contributed by atoms with Crippen molar-refractivity contribution in [2.75, 3.05) is 6.61 Å². The largest absolute Gasteiger partial charge is 0.376 e. The molecule has 2 N–H and O–H groups in total. The molecule has 0 aliphatic rings. The van der Waals surface area contributed by atoms with Crippen molar-refractivity contribution in [3.05, 3.63) is 71.8 Å². The van der Waals surface area contributed by atoms with Gasteiger partial charge in [0, 0.05) is 12.0 Å². The molecule has 0 bridgehead atoms. The van der Waals surface area contributed by atoms with E-state index in [1.165, 1.54) is 36.8 Å². The van der Waals surface area contributed by atoms with Crippen LogP contribution in [0, 0.1) is 0 Å². The third-order valence-corrected chi connectivity index (χ3v) is 4.54. The number of nitrogens with two attached hydrogens (primary N) is 1. The molecule has 2 aromatic rings. The minimum absolute atomic E-state index is 0.153. The highest BCUT2D eigenvalue weighted by molar-refractivity contribution is 5.21. The van der Waals surface area contributed by atoms with E-state index in [0.29, 0.717) is 13.2 Å². The van der Waals surface area contributed by atoms with E-state index in [1.54, 1.807) is 0 Å². The van der Waals surface area contributed by atoms with Crippen molar-refractivity contribution in [2.24, 2.45) is 5.73 Å². The van der Waals surface area contributed by atoms with Crippen molar-refractivity contribution in [3.63, 3.8) is 0 Å². The summed E-state index contributed by atoms with van der Waals surface area (Å²) in [5, 5.41) is 0. The lowest BCUT2D eigenvalue weighted by atomic mass is 9.89. The highest BCUT2D eigenvalue weighted by Crippen LogP contribution is 2.23. The van der Waals surface area contributed by atoms with E-state index >= 15 is 0 Å². The molecule has 0 aliphatic carbocycles. The third kappa shape index (κ3) is 6.46. The first kappa shape index (κ1) is 18.7. The molecule has 0 unspecified atom stereocenters. The first-order chi connectivity index (χ1) is 11.8. The zero-order valence-corrected chi connectivity index (χ0v) is 14.9. The molecular weight excluding hydrogens is 294 g/mol. The van der Waals surface area contributed by atoms with E-state index < -0.39 is 0 Å². The minimum atomic E-state index is 0.153. The van der Waals surface area contributed by atoms with Gasteiger partial charge in [0.2, 0.25) is 0 Å². The molecule has 2 heteroatoms. The summed E-state index contributed by atoms with van der Waals surface area (Å²) in [5.41, 5.74) is 9.03. The van der Waals surface area contributed by atoms with Crippen LogP contribution >= 0.6 is 0 Å². The van der Waals surface area contributed by atoms with Gasteiger partial charge in [-0.25, -0.2) is 0 Å². The van der Waals surface area contributed by atoms with Gasteiger partial charge in [-0.3, -0.25) is 0 Å². The van der Waals surface area contributed by atoms with Crippen LogP contribution in [-0.4, -0.2) is 12.6 Å². The summed E-state index contributed by atoms with van der Waals surface area (Å²) < 4.78 is 6.00. The van der Waals surface area contributed by atoms with Gasteiger partial charge in [0.15, 0.2) is 0 Å². The molecular formula is C22H31NO. The number of hydrogen-bond donors (Lipinski definition) is 1. The van der Waals surface area contributed by atoms with Gasteiger partial charge in [-0.2, -0.15) is 0 Å². The smallest absolute Gasteiger partial charge is 0.0717 e. The predicted octanol–water partition coefficient (Wildman–Crippen LogP) is 5.28. The Labute approximate surface area is 147 Å². The molecule has 24 heavy (non-hydrogen) atoms. The van der Waals surface area contributed by atoms with Crippen LogP contribution in [0.5, 0.6) is 0 Å². The molecule has 0 aromatic heterocycles. The average Bonchev–Trinajstić information content (AvgIpc) is 2.64. The van der Waals surface area contributed by atoms with Gasteiger partial charge in [-0.1, -0.05) is 93.3 Å². The minimum Gasteiger partial charge on any atom is -0.376 e. The van der Waals surface area contributed by atoms with Crippen molar-refractivity contribution in [1.82, 2.24) is 0 Å². The Kier molecular flexibility index (Phi) is 8.58. The number of ether oxygens (including phenoxy) is 1. The molecule has 0 amide bonds. The third-order valence-electron chi connectivity index (χ3n) is 4.54. The fourth-order valence-corrected chi connectivity index (χ4v) is 3.05. The van der Waals surface area contributed by atoms with Crippen molar-refractivity contribution in [2.45, 2.75) is 57.6 Å². The summed E-state index contributed by atoms with van der Waals surface area (Å²) in [5.74, 6) is 0.261. The van der Waals surface area contributed by atoms with E-state index in [2.05, 4.69) is 49.4 Å². The van der Waals surface area contributed by atoms with Gasteiger partial charge in [-0.05, 0) is 17.5 Å². The molecule has 2 aromatic carbocycles. The number of unbranched alkanes of at least 4 members (excludes halogenated alkanes) is 3. The lowest BCUT2D eigenvalue weighted by molar-refractivity contribution is 0.0993. The van der Waals surface area contributed by atoms with Gasteiger partial charge in [-0.15, -0.1) is 0 Å². The van der Waals surface area contributed by atoms with E-state index in [-0.39, 0.29) is 12.0 Å². The maximum Gasteiger partial charge on any atom is 0.0717 e. The molecule has 0 aliphatic heterocycles. The van der Waals surface area contributed by atoms with Crippen LogP contribution in [0.25, 0.3) is 0 Å². The summed E-state index contributed by atoms with van der Waals surface area (Å²) in [7, 11) is 0. The molecule has 2 atom stereocenters. The normalized spacial score (nSPS) is 13.6. The van der Waals surface area contributed by atoms with Crippen LogP contribution in [0.2, 0.25) is 0 Å². The summed E-state index contributed by atoms with van der Waals surface area (Å²) in [4.78, 5) is 0. The molecule has 130 valence electrons. The second-order valence-corrected chi connectivity index (χ2v) is 6.53. The Morgan fingerprint density at radius 3 is 2.21 bits per heavy atom. The molecule has 0 saturated heterocycles. The van der Waals surface area contributed by atoms with Crippen LogP contribution < -0.4 is 5.73 Å². The molecule has 0 heterocycles. The first-order valence-corrected chi connectivity index (χ1v) is 9.23. The van der Waals surface area contributed by atoms with Gasteiger partial charge in [0.05, 0.1) is 13.2 Å². The lowest BCUT2D eigenvalue weighted by Crippen LogP contribution is -2.31. The number of rotatable bonds is 11. The van der Waals surface area contributed by atoms with Crippen LogP contribution in [0.3, 0.4) is 0 Å². The standard InChI is InChI=1S/C22H31NO/c1-2-3-4-11-16-22(23)21(20-14-9-6-10-15-20)18-24-17-19-12-7-5-8-13-19/h5-10,12-15,21-22H,2-4,11,16-18,23H2,1H3/t21-,22-/m1/s1. The highest BCUT2D eigenvalue weighted by atomic mass is 16.5. The maximum absolute atomic E-state index is 6.53. The fourth-order valence-electron chi connectivity index (χ4n) is 3.05. The van der Waals surface area contributed by atoms with Gasteiger partial charge in [0.25, 0.3) is 0 Å². The van der Waals surface area contributed by atoms with Crippen LogP contribution in [-0.2, 0) is 11.3 Å². The first-order valence-electron chi connectivity index (χ1n) is 9.23. The molecule has 0 spiro atoms. The Bertz CT molecular complexity index is 540. The van der Waals surface area contributed by atoms with Gasteiger partial charge >= 0.3 is 0 Å². The van der Waals surface area contributed by atoms with Crippen LogP contribution in [0.1, 0.15) is 56.1 Å². The van der Waals surface area contributed by atoms with E-state index in [4.69, 9.17) is 10.5 Å². The second-order valence-electron chi connectivity index (χ2n) is 6.53. The fraction of sp³-hybridized carbons (Fsp3) is 0.455. The van der Waals surface area contributed by atoms with E-state index in [0.717, 1.165) is 6.42 Å². The van der Waals surface area contributed by atoms with E-state index in [1.807, 2.05) is 18.2 Å². The van der Waals surface area contributed by atoms with Crippen LogP contribution in [0.15, 0.2) is 60.7 Å². The summed E-state index contributed by atoms with van der Waals surface area (Å²) >= 11 is 0. The number of benzene rings is 2. The zero-order valence-electron chi connectivity index (χ0n) is 14.9. The topological polar surface area (TPSA) is 35.2 Å². The Hall–Kier alpha value is -1.64. The van der Waals surface area contributed by atoms with Gasteiger partial charge < -0.3 is 10.5 Å². The van der Waals surface area contributed by atoms with Gasteiger partial charge in [0.1, 0.15) is 0 Å². The van der Waals surface area contributed by atoms with Crippen molar-refractivity contribution in [1.29, 1.82) is 0 Å². The van der Waals surface area contributed by atoms with Crippen molar-refractivity contribution < 1.29 is 4.74 Å². The van der Waals surface area contributed by atoms with Crippen molar-refractivity contribution in [3.8, 4) is 0 Å². The lowest BCUT2D eigenvalue weighted by Gasteiger charge is -2.24. The maximum atomic E-state index is 6.53. The van der Waals surface area contributed by atoms with E-state index in [9.17, 15) is 0 Å². The average molecular weight is 325 g/mol. The zero-order chi connectivity index (χ0) is 17.0. The SMILES string of the molecule is CCCCCC[C@@H](N)[C@H](COCc1ccccc1)c1ccccc1. The quantitative estimate of drug-likeness (QED) is 0.570.